The van der Waals surface area contributed by atoms with Gasteiger partial charge in [0.1, 0.15) is 0 Å². The van der Waals surface area contributed by atoms with E-state index in [1.54, 1.807) is 11.8 Å². The number of benzene rings is 1. The molecular weight excluding hydrogens is 266 g/mol. The van der Waals surface area contributed by atoms with Gasteiger partial charge in [-0.25, -0.2) is 4.79 Å². The molecule has 3 fully saturated rings. The summed E-state index contributed by atoms with van der Waals surface area (Å²) in [7, 11) is 0. The maximum absolute atomic E-state index is 12.7. The Balaban J connectivity index is 1.73. The lowest BCUT2D eigenvalue weighted by molar-refractivity contribution is -0.139. The van der Waals surface area contributed by atoms with Crippen LogP contribution in [-0.2, 0) is 16.0 Å². The highest BCUT2D eigenvalue weighted by Crippen LogP contribution is 2.38. The summed E-state index contributed by atoms with van der Waals surface area (Å²) in [5, 5.41) is 0. The first-order valence-corrected chi connectivity index (χ1v) is 7.71. The minimum atomic E-state index is -0.335. The fraction of sp³-hybridized carbons (Fsp3) is 0.529. The lowest BCUT2D eigenvalue weighted by atomic mass is 9.69. The van der Waals surface area contributed by atoms with E-state index in [-0.39, 0.29) is 29.8 Å². The van der Waals surface area contributed by atoms with Crippen molar-refractivity contribution < 1.29 is 14.3 Å². The first-order chi connectivity index (χ1) is 10.2. The molecule has 0 N–H and O–H groups in total. The van der Waals surface area contributed by atoms with E-state index in [2.05, 4.69) is 12.1 Å². The van der Waals surface area contributed by atoms with Gasteiger partial charge in [0.2, 0.25) is 0 Å². The van der Waals surface area contributed by atoms with Crippen LogP contribution in [0.1, 0.15) is 25.3 Å². The summed E-state index contributed by atoms with van der Waals surface area (Å²) < 4.78 is 5.07. The molecule has 2 aliphatic heterocycles. The van der Waals surface area contributed by atoms with Crippen LogP contribution < -0.4 is 0 Å². The second-order valence-corrected chi connectivity index (χ2v) is 5.90. The predicted octanol–water partition coefficient (Wildman–Crippen LogP) is 2.67. The van der Waals surface area contributed by atoms with Crippen LogP contribution in [0.25, 0.3) is 0 Å². The van der Waals surface area contributed by atoms with E-state index < -0.39 is 0 Å². The molecule has 1 aromatic rings. The van der Waals surface area contributed by atoms with Gasteiger partial charge in [0.15, 0.2) is 5.78 Å². The fourth-order valence-corrected chi connectivity index (χ4v) is 3.65. The number of carbonyl (C=O) groups excluding carboxylic acids is 2. The largest absolute Gasteiger partial charge is 0.450 e. The minimum Gasteiger partial charge on any atom is -0.450 e. The number of nitrogens with zero attached hydrogens (tertiary/aromatic N) is 1. The van der Waals surface area contributed by atoms with Crippen molar-refractivity contribution in [3.63, 3.8) is 0 Å². The lowest BCUT2D eigenvalue weighted by Crippen LogP contribution is -2.60. The molecule has 0 aromatic heterocycles. The molecule has 2 saturated heterocycles. The molecule has 4 rings (SSSR count). The molecule has 3 atom stereocenters. The highest BCUT2D eigenvalue weighted by atomic mass is 16.6. The molecule has 2 heterocycles. The Morgan fingerprint density at radius 1 is 1.29 bits per heavy atom. The summed E-state index contributed by atoms with van der Waals surface area (Å²) in [5.74, 6) is 0.540. The Bertz CT molecular complexity index is 528. The van der Waals surface area contributed by atoms with Crippen LogP contribution in [0.15, 0.2) is 30.3 Å². The smallest absolute Gasteiger partial charge is 0.410 e. The number of rotatable bonds is 3. The summed E-state index contributed by atoms with van der Waals surface area (Å²) in [5.41, 5.74) is 1.20. The first-order valence-electron chi connectivity index (χ1n) is 7.71. The summed E-state index contributed by atoms with van der Waals surface area (Å²) in [4.78, 5) is 26.3. The molecule has 2 bridgehead atoms. The summed E-state index contributed by atoms with van der Waals surface area (Å²) in [6.07, 6.45) is 2.27. The van der Waals surface area contributed by atoms with Crippen LogP contribution in [0, 0.1) is 11.8 Å². The van der Waals surface area contributed by atoms with Gasteiger partial charge in [0, 0.05) is 12.5 Å². The molecule has 3 unspecified atom stereocenters. The van der Waals surface area contributed by atoms with Gasteiger partial charge < -0.3 is 4.74 Å². The number of amides is 1. The number of fused-ring (bicyclic) bond motifs is 3. The molecule has 1 aliphatic carbocycles. The van der Waals surface area contributed by atoms with Crippen LogP contribution in [0.4, 0.5) is 4.79 Å². The Morgan fingerprint density at radius 3 is 2.71 bits per heavy atom. The zero-order valence-corrected chi connectivity index (χ0v) is 12.3. The molecule has 4 heteroatoms. The van der Waals surface area contributed by atoms with Gasteiger partial charge in [-0.05, 0) is 37.7 Å². The zero-order chi connectivity index (χ0) is 14.8. The number of carbonyl (C=O) groups is 2. The van der Waals surface area contributed by atoms with Gasteiger partial charge in [-0.1, -0.05) is 30.3 Å². The van der Waals surface area contributed by atoms with Crippen LogP contribution in [0.3, 0.4) is 0 Å². The lowest BCUT2D eigenvalue weighted by Gasteiger charge is -2.47. The topological polar surface area (TPSA) is 46.6 Å². The molecule has 3 aliphatic rings. The van der Waals surface area contributed by atoms with E-state index in [0.717, 1.165) is 19.3 Å². The molecule has 1 saturated carbocycles. The van der Waals surface area contributed by atoms with Crippen molar-refractivity contribution >= 4 is 11.9 Å². The Kier molecular flexibility index (Phi) is 3.95. The normalized spacial score (nSPS) is 27.8. The molecule has 0 spiro atoms. The van der Waals surface area contributed by atoms with E-state index in [9.17, 15) is 9.59 Å². The molecule has 4 nitrogen and oxygen atoms in total. The van der Waals surface area contributed by atoms with Crippen molar-refractivity contribution in [2.24, 2.45) is 11.8 Å². The number of piperidine rings is 2. The van der Waals surface area contributed by atoms with Crippen molar-refractivity contribution in [3.8, 4) is 0 Å². The van der Waals surface area contributed by atoms with Gasteiger partial charge in [-0.2, -0.15) is 0 Å². The molecule has 1 aromatic carbocycles. The third-order valence-electron chi connectivity index (χ3n) is 4.68. The second-order valence-electron chi connectivity index (χ2n) is 5.90. The van der Waals surface area contributed by atoms with Crippen molar-refractivity contribution in [1.29, 1.82) is 0 Å². The standard InChI is InChI=1S/C17H21NO3/c1-2-21-17(20)18-11-13-8-9-15(18)16(19)14(13)10-12-6-4-3-5-7-12/h3-7,13-15H,2,8-11H2,1H3. The molecule has 0 radical (unpaired) electrons. The van der Waals surface area contributed by atoms with Gasteiger partial charge >= 0.3 is 6.09 Å². The number of ketones is 1. The van der Waals surface area contributed by atoms with Crippen LogP contribution in [-0.4, -0.2) is 36.0 Å². The number of Topliss-reactive ketones (excluding diaryl/α,β-unsaturated/α-hetero) is 1. The van der Waals surface area contributed by atoms with Crippen LogP contribution in [0.5, 0.6) is 0 Å². The Morgan fingerprint density at radius 2 is 2.05 bits per heavy atom. The van der Waals surface area contributed by atoms with E-state index in [1.165, 1.54) is 5.56 Å². The Labute approximate surface area is 125 Å². The maximum atomic E-state index is 12.7. The van der Waals surface area contributed by atoms with Crippen LogP contribution in [0.2, 0.25) is 0 Å². The molecule has 112 valence electrons. The van der Waals surface area contributed by atoms with Crippen molar-refractivity contribution in [1.82, 2.24) is 4.90 Å². The fourth-order valence-electron chi connectivity index (χ4n) is 3.65. The molecular formula is C17H21NO3. The zero-order valence-electron chi connectivity index (χ0n) is 12.3. The highest BCUT2D eigenvalue weighted by molar-refractivity contribution is 5.91. The quantitative estimate of drug-likeness (QED) is 0.858. The predicted molar refractivity (Wildman–Crippen MR) is 78.9 cm³/mol. The van der Waals surface area contributed by atoms with Crippen LogP contribution >= 0.6 is 0 Å². The van der Waals surface area contributed by atoms with Gasteiger partial charge in [0.05, 0.1) is 12.6 Å². The summed E-state index contributed by atoms with van der Waals surface area (Å²) in [6.45, 7) is 2.81. The number of hydrogen-bond donors (Lipinski definition) is 0. The van der Waals surface area contributed by atoms with Crippen molar-refractivity contribution in [2.45, 2.75) is 32.2 Å². The Hall–Kier alpha value is -1.84. The van der Waals surface area contributed by atoms with E-state index in [1.807, 2.05) is 18.2 Å². The monoisotopic (exact) mass is 287 g/mol. The number of hydrogen-bond acceptors (Lipinski definition) is 3. The molecule has 21 heavy (non-hydrogen) atoms. The van der Waals surface area contributed by atoms with E-state index in [0.29, 0.717) is 13.2 Å². The van der Waals surface area contributed by atoms with Crippen molar-refractivity contribution in [2.75, 3.05) is 13.2 Å². The van der Waals surface area contributed by atoms with Gasteiger partial charge in [-0.15, -0.1) is 0 Å². The van der Waals surface area contributed by atoms with E-state index in [4.69, 9.17) is 4.74 Å². The summed E-state index contributed by atoms with van der Waals surface area (Å²) in [6, 6.07) is 9.86. The van der Waals surface area contributed by atoms with Gasteiger partial charge in [-0.3, -0.25) is 9.69 Å². The van der Waals surface area contributed by atoms with Gasteiger partial charge in [0.25, 0.3) is 0 Å². The maximum Gasteiger partial charge on any atom is 0.410 e. The number of ether oxygens (including phenoxy) is 1. The highest BCUT2D eigenvalue weighted by Gasteiger charge is 2.48. The second kappa shape index (κ2) is 5.88. The van der Waals surface area contributed by atoms with E-state index >= 15 is 0 Å². The minimum absolute atomic E-state index is 0.0526. The first kappa shape index (κ1) is 14.1. The third kappa shape index (κ3) is 2.67. The third-order valence-corrected chi connectivity index (χ3v) is 4.68. The average Bonchev–Trinajstić information content (AvgIpc) is 2.52. The summed E-state index contributed by atoms with van der Waals surface area (Å²) >= 11 is 0. The van der Waals surface area contributed by atoms with Crippen molar-refractivity contribution in [3.05, 3.63) is 35.9 Å². The molecule has 1 amide bonds. The average molecular weight is 287 g/mol. The SMILES string of the molecule is CCOC(=O)N1CC2CCC1C(=O)C2Cc1ccccc1.